The monoisotopic (exact) mass is 324 g/mol. The van der Waals surface area contributed by atoms with Crippen LogP contribution < -0.4 is 11.5 Å². The molecule has 23 heavy (non-hydrogen) atoms. The number of nitrogens with two attached hydrogens (primary N) is 2. The van der Waals surface area contributed by atoms with Gasteiger partial charge >= 0.3 is 0 Å². The minimum atomic E-state index is -0.0585. The summed E-state index contributed by atoms with van der Waals surface area (Å²) < 4.78 is 0. The van der Waals surface area contributed by atoms with Crippen molar-refractivity contribution in [3.8, 4) is 0 Å². The normalized spacial score (nSPS) is 12.9. The summed E-state index contributed by atoms with van der Waals surface area (Å²) in [5.74, 6) is 0. The van der Waals surface area contributed by atoms with E-state index in [-0.39, 0.29) is 11.1 Å². The molecule has 0 saturated heterocycles. The third kappa shape index (κ3) is 8.11. The van der Waals surface area contributed by atoms with Gasteiger partial charge in [0, 0.05) is 17.6 Å². The zero-order valence-corrected chi connectivity index (χ0v) is 16.0. The lowest BCUT2D eigenvalue weighted by molar-refractivity contribution is 0.0694. The average Bonchev–Trinajstić information content (AvgIpc) is 2.52. The Bertz CT molecular complexity index is 308. The highest BCUT2D eigenvalue weighted by molar-refractivity contribution is 5.08. The van der Waals surface area contributed by atoms with Gasteiger partial charge in [0.2, 0.25) is 0 Å². The number of hydrogen-bond donors (Lipinski definition) is 2. The Morgan fingerprint density at radius 2 is 1.13 bits per heavy atom. The van der Waals surface area contributed by atoms with Gasteiger partial charge in [-0.05, 0) is 79.7 Å². The van der Waals surface area contributed by atoms with Crippen LogP contribution in [0.3, 0.4) is 0 Å². The zero-order chi connectivity index (χ0) is 17.9. The first-order valence-corrected chi connectivity index (χ1v) is 8.92. The Hall–Kier alpha value is -0.680. The van der Waals surface area contributed by atoms with Crippen LogP contribution in [0, 0.1) is 0 Å². The summed E-state index contributed by atoms with van der Waals surface area (Å²) in [4.78, 5) is 4.96. The Kier molecular flexibility index (Phi) is 10.7. The van der Waals surface area contributed by atoms with Crippen LogP contribution >= 0.6 is 0 Å². The molecule has 4 N–H and O–H groups in total. The molecule has 0 spiro atoms. The molecule has 0 aromatic heterocycles. The van der Waals surface area contributed by atoms with E-state index in [4.69, 9.17) is 11.5 Å². The fourth-order valence-corrected chi connectivity index (χ4v) is 2.96. The van der Waals surface area contributed by atoms with E-state index < -0.39 is 0 Å². The van der Waals surface area contributed by atoms with Gasteiger partial charge in [-0.3, -0.25) is 4.90 Å². The van der Waals surface area contributed by atoms with Gasteiger partial charge in [-0.1, -0.05) is 12.2 Å². The second kappa shape index (κ2) is 11.0. The summed E-state index contributed by atoms with van der Waals surface area (Å²) in [6.07, 6.45) is 7.26. The van der Waals surface area contributed by atoms with Crippen molar-refractivity contribution in [3.05, 3.63) is 25.3 Å². The van der Waals surface area contributed by atoms with Crippen LogP contribution in [0.1, 0.15) is 47.0 Å². The first-order chi connectivity index (χ1) is 10.7. The van der Waals surface area contributed by atoms with E-state index in [1.807, 2.05) is 12.2 Å². The minimum Gasteiger partial charge on any atom is -0.330 e. The van der Waals surface area contributed by atoms with Crippen LogP contribution in [0.15, 0.2) is 25.3 Å². The van der Waals surface area contributed by atoms with E-state index in [2.05, 4.69) is 50.7 Å². The quantitative estimate of drug-likeness (QED) is 0.482. The molecule has 0 heterocycles. The molecule has 136 valence electrons. The van der Waals surface area contributed by atoms with Crippen molar-refractivity contribution < 1.29 is 0 Å². The standard InChI is InChI=1S/C19H40N4/c1-7-18(3,4)23(19(5,6)8-2)17-11-16-22(14-9-12-20)15-10-13-21/h7-8H,1-2,9-17,20-21H2,3-6H3. The van der Waals surface area contributed by atoms with Crippen molar-refractivity contribution in [2.45, 2.75) is 58.0 Å². The summed E-state index contributed by atoms with van der Waals surface area (Å²) in [6.45, 7) is 22.6. The fourth-order valence-electron chi connectivity index (χ4n) is 2.96. The highest BCUT2D eigenvalue weighted by atomic mass is 15.2. The second-order valence-electron chi connectivity index (χ2n) is 7.35. The van der Waals surface area contributed by atoms with Crippen molar-refractivity contribution in [1.82, 2.24) is 9.80 Å². The average molecular weight is 325 g/mol. The molecule has 0 saturated carbocycles. The molecule has 0 aliphatic heterocycles. The first-order valence-electron chi connectivity index (χ1n) is 8.92. The smallest absolute Gasteiger partial charge is 0.0340 e. The Morgan fingerprint density at radius 3 is 1.48 bits per heavy atom. The Morgan fingerprint density at radius 1 is 0.739 bits per heavy atom. The summed E-state index contributed by atoms with van der Waals surface area (Å²) in [7, 11) is 0. The molecule has 4 heteroatoms. The van der Waals surface area contributed by atoms with Crippen molar-refractivity contribution >= 4 is 0 Å². The van der Waals surface area contributed by atoms with Crippen LogP contribution in [0.2, 0.25) is 0 Å². The van der Waals surface area contributed by atoms with Crippen molar-refractivity contribution in [1.29, 1.82) is 0 Å². The zero-order valence-electron chi connectivity index (χ0n) is 16.0. The topological polar surface area (TPSA) is 58.5 Å². The van der Waals surface area contributed by atoms with Crippen LogP contribution in [0.5, 0.6) is 0 Å². The predicted octanol–water partition coefficient (Wildman–Crippen LogP) is 2.61. The molecule has 4 nitrogen and oxygen atoms in total. The third-order valence-electron chi connectivity index (χ3n) is 4.60. The Balaban J connectivity index is 4.70. The molecule has 0 rings (SSSR count). The molecule has 0 fully saturated rings. The van der Waals surface area contributed by atoms with Crippen LogP contribution in [0.4, 0.5) is 0 Å². The molecule has 0 aromatic rings. The summed E-state index contributed by atoms with van der Waals surface area (Å²) in [5, 5.41) is 0. The molecular weight excluding hydrogens is 284 g/mol. The largest absolute Gasteiger partial charge is 0.330 e. The summed E-state index contributed by atoms with van der Waals surface area (Å²) in [5.41, 5.74) is 11.2. The van der Waals surface area contributed by atoms with E-state index in [9.17, 15) is 0 Å². The van der Waals surface area contributed by atoms with Crippen LogP contribution in [-0.4, -0.2) is 60.1 Å². The van der Waals surface area contributed by atoms with Crippen LogP contribution in [-0.2, 0) is 0 Å². The molecule has 0 amide bonds. The van der Waals surface area contributed by atoms with Crippen molar-refractivity contribution in [3.63, 3.8) is 0 Å². The first kappa shape index (κ1) is 22.3. The molecular formula is C19H40N4. The second-order valence-corrected chi connectivity index (χ2v) is 7.35. The number of rotatable bonds is 14. The van der Waals surface area contributed by atoms with Crippen molar-refractivity contribution in [2.75, 3.05) is 39.3 Å². The van der Waals surface area contributed by atoms with Gasteiger partial charge in [-0.2, -0.15) is 0 Å². The highest BCUT2D eigenvalue weighted by Crippen LogP contribution is 2.27. The maximum absolute atomic E-state index is 5.65. The van der Waals surface area contributed by atoms with Crippen molar-refractivity contribution in [2.24, 2.45) is 11.5 Å². The highest BCUT2D eigenvalue weighted by Gasteiger charge is 2.33. The van der Waals surface area contributed by atoms with E-state index in [0.29, 0.717) is 0 Å². The van der Waals surface area contributed by atoms with Gasteiger partial charge in [0.15, 0.2) is 0 Å². The van der Waals surface area contributed by atoms with E-state index in [0.717, 1.165) is 58.5 Å². The maximum atomic E-state index is 5.65. The Labute approximate surface area is 144 Å². The number of hydrogen-bond acceptors (Lipinski definition) is 4. The summed E-state index contributed by atoms with van der Waals surface area (Å²) in [6, 6.07) is 0. The van der Waals surface area contributed by atoms with Gasteiger partial charge in [-0.25, -0.2) is 0 Å². The van der Waals surface area contributed by atoms with Gasteiger partial charge in [0.25, 0.3) is 0 Å². The third-order valence-corrected chi connectivity index (χ3v) is 4.60. The van der Waals surface area contributed by atoms with Gasteiger partial charge in [0.05, 0.1) is 0 Å². The van der Waals surface area contributed by atoms with E-state index >= 15 is 0 Å². The molecule has 0 unspecified atom stereocenters. The molecule has 0 aliphatic carbocycles. The lowest BCUT2D eigenvalue weighted by Crippen LogP contribution is -2.54. The van der Waals surface area contributed by atoms with Gasteiger partial charge in [0.1, 0.15) is 0 Å². The van der Waals surface area contributed by atoms with Gasteiger partial charge < -0.3 is 16.4 Å². The lowest BCUT2D eigenvalue weighted by atomic mass is 9.92. The predicted molar refractivity (Wildman–Crippen MR) is 104 cm³/mol. The SMILES string of the molecule is C=CC(C)(C)N(CCCN(CCCN)CCCN)C(C)(C)C=C. The number of nitrogens with zero attached hydrogens (tertiary/aromatic N) is 2. The molecule has 0 bridgehead atoms. The lowest BCUT2D eigenvalue weighted by Gasteiger charge is -2.46. The molecule has 0 radical (unpaired) electrons. The molecule has 0 aromatic carbocycles. The maximum Gasteiger partial charge on any atom is 0.0340 e. The minimum absolute atomic E-state index is 0.0585. The van der Waals surface area contributed by atoms with Crippen LogP contribution in [0.25, 0.3) is 0 Å². The molecule has 0 aliphatic rings. The molecule has 0 atom stereocenters. The van der Waals surface area contributed by atoms with E-state index in [1.54, 1.807) is 0 Å². The summed E-state index contributed by atoms with van der Waals surface area (Å²) >= 11 is 0. The van der Waals surface area contributed by atoms with Gasteiger partial charge in [-0.15, -0.1) is 13.2 Å². The fraction of sp³-hybridized carbons (Fsp3) is 0.789. The van der Waals surface area contributed by atoms with E-state index in [1.165, 1.54) is 0 Å².